The van der Waals surface area contributed by atoms with Gasteiger partial charge in [0.1, 0.15) is 0 Å². The lowest BCUT2D eigenvalue weighted by molar-refractivity contribution is -0.268. The van der Waals surface area contributed by atoms with Crippen molar-refractivity contribution in [1.29, 1.82) is 0 Å². The van der Waals surface area contributed by atoms with E-state index in [0.717, 1.165) is 0 Å². The first-order valence-corrected chi connectivity index (χ1v) is 9.83. The smallest absolute Gasteiger partial charge is 0.320 e. The van der Waals surface area contributed by atoms with Crippen LogP contribution in [-0.4, -0.2) is 39.4 Å². The predicted molar refractivity (Wildman–Crippen MR) is 83.8 cm³/mol. The monoisotopic (exact) mass is 454 g/mol. The molecule has 0 saturated carbocycles. The summed E-state index contributed by atoms with van der Waals surface area (Å²) in [4.78, 5) is 17.5. The third kappa shape index (κ3) is 6.01. The molecule has 0 radical (unpaired) electrons. The van der Waals surface area contributed by atoms with Crippen LogP contribution in [0.15, 0.2) is 0 Å². The van der Waals surface area contributed by atoms with Crippen LogP contribution in [0.25, 0.3) is 0 Å². The quantitative estimate of drug-likeness (QED) is 0.320. The number of halogens is 9. The molecule has 0 aromatic carbocycles. The van der Waals surface area contributed by atoms with Crippen molar-refractivity contribution in [3.05, 3.63) is 0 Å². The number of rotatable bonds is 9. The first-order chi connectivity index (χ1) is 12.0. The van der Waals surface area contributed by atoms with Crippen molar-refractivity contribution >= 4 is 7.60 Å². The summed E-state index contributed by atoms with van der Waals surface area (Å²) in [6.07, 6.45) is -14.0. The van der Waals surface area contributed by atoms with E-state index >= 15 is 4.39 Å². The molecule has 0 aliphatic carbocycles. The molecule has 0 saturated heterocycles. The third-order valence-electron chi connectivity index (χ3n) is 4.20. The topological polar surface area (TPSA) is 57.5 Å². The lowest BCUT2D eigenvalue weighted by Crippen LogP contribution is -2.64. The van der Waals surface area contributed by atoms with Crippen molar-refractivity contribution in [2.24, 2.45) is 11.3 Å². The first kappa shape index (κ1) is 27.5. The molecule has 3 nitrogen and oxygen atoms in total. The van der Waals surface area contributed by atoms with Crippen molar-refractivity contribution in [1.82, 2.24) is 0 Å². The zero-order valence-electron chi connectivity index (χ0n) is 15.6. The van der Waals surface area contributed by atoms with E-state index in [-0.39, 0.29) is 0 Å². The lowest BCUT2D eigenvalue weighted by Gasteiger charge is -2.45. The van der Waals surface area contributed by atoms with Crippen LogP contribution in [0.1, 0.15) is 53.4 Å². The molecule has 0 spiro atoms. The normalized spacial score (nSPS) is 19.2. The van der Waals surface area contributed by atoms with Crippen LogP contribution in [0.2, 0.25) is 0 Å². The molecule has 0 heterocycles. The van der Waals surface area contributed by atoms with Crippen LogP contribution in [0.4, 0.5) is 39.5 Å². The van der Waals surface area contributed by atoms with E-state index < -0.39 is 74.2 Å². The fraction of sp³-hybridized carbons (Fsp3) is 1.00. The Morgan fingerprint density at radius 2 is 1.36 bits per heavy atom. The molecule has 0 bridgehead atoms. The van der Waals surface area contributed by atoms with E-state index in [1.807, 2.05) is 0 Å². The van der Waals surface area contributed by atoms with Crippen LogP contribution in [-0.2, 0) is 4.57 Å². The summed E-state index contributed by atoms with van der Waals surface area (Å²) in [5.74, 6) is -8.13. The molecule has 0 aromatic rings. The van der Waals surface area contributed by atoms with Gasteiger partial charge in [-0.05, 0) is 24.7 Å². The molecule has 13 heteroatoms. The molecular weight excluding hydrogens is 430 g/mol. The maximum absolute atomic E-state index is 15.2. The molecule has 0 fully saturated rings. The van der Waals surface area contributed by atoms with Gasteiger partial charge in [-0.2, -0.15) is 30.7 Å². The van der Waals surface area contributed by atoms with Gasteiger partial charge in [0.05, 0.1) is 0 Å². The number of hydrogen-bond acceptors (Lipinski definition) is 1. The predicted octanol–water partition coefficient (Wildman–Crippen LogP) is 6.24. The highest BCUT2D eigenvalue weighted by Crippen LogP contribution is 2.66. The molecular formula is C15H24F9O3P. The van der Waals surface area contributed by atoms with Crippen molar-refractivity contribution in [2.75, 3.05) is 0 Å². The number of alkyl halides is 9. The molecule has 3 atom stereocenters. The molecule has 0 aliphatic rings. The Kier molecular flexibility index (Phi) is 8.19. The van der Waals surface area contributed by atoms with Crippen LogP contribution in [0, 0.1) is 11.3 Å². The summed E-state index contributed by atoms with van der Waals surface area (Å²) >= 11 is 0. The fourth-order valence-corrected chi connectivity index (χ4v) is 3.78. The zero-order valence-corrected chi connectivity index (χ0v) is 16.5. The van der Waals surface area contributed by atoms with E-state index in [1.165, 1.54) is 20.8 Å². The van der Waals surface area contributed by atoms with E-state index in [0.29, 0.717) is 6.92 Å². The molecule has 0 aromatic heterocycles. The fourth-order valence-electron chi connectivity index (χ4n) is 2.99. The molecule has 28 heavy (non-hydrogen) atoms. The zero-order chi connectivity index (χ0) is 23.0. The van der Waals surface area contributed by atoms with E-state index in [4.69, 9.17) is 9.79 Å². The van der Waals surface area contributed by atoms with Crippen LogP contribution in [0.3, 0.4) is 0 Å². The maximum atomic E-state index is 15.2. The summed E-state index contributed by atoms with van der Waals surface area (Å²) in [6, 6.07) is 0. The highest BCUT2D eigenvalue weighted by Gasteiger charge is 2.80. The Morgan fingerprint density at radius 3 is 1.68 bits per heavy atom. The van der Waals surface area contributed by atoms with Gasteiger partial charge in [0.2, 0.25) is 0 Å². The molecule has 0 aliphatic heterocycles. The van der Waals surface area contributed by atoms with Gasteiger partial charge in [0.25, 0.3) is 5.67 Å². The molecule has 170 valence electrons. The van der Waals surface area contributed by atoms with Gasteiger partial charge in [-0.1, -0.05) is 27.7 Å². The Bertz CT molecular complexity index is 568. The standard InChI is InChI=1S/C15H24F9O3P/c1-9(8-11(2,3)4)13(20,15(23,24)28(25,26)27)14(21,22)10(16)6-5-7-12(17,18)19/h9-10H,5-8H2,1-4H3,(H2,25,26,27). The Hall–Kier alpha value is -0.480. The minimum atomic E-state index is -6.83. The minimum Gasteiger partial charge on any atom is -0.320 e. The van der Waals surface area contributed by atoms with Crippen molar-refractivity contribution in [3.63, 3.8) is 0 Å². The van der Waals surface area contributed by atoms with Gasteiger partial charge < -0.3 is 9.79 Å². The second kappa shape index (κ2) is 8.34. The van der Waals surface area contributed by atoms with Gasteiger partial charge in [0.15, 0.2) is 6.17 Å². The summed E-state index contributed by atoms with van der Waals surface area (Å²) in [6.45, 7) is 4.54. The second-order valence-electron chi connectivity index (χ2n) is 8.06. The van der Waals surface area contributed by atoms with Gasteiger partial charge in [-0.25, -0.2) is 8.78 Å². The maximum Gasteiger partial charge on any atom is 0.398 e. The average Bonchev–Trinajstić information content (AvgIpc) is 2.41. The van der Waals surface area contributed by atoms with Gasteiger partial charge in [0, 0.05) is 12.3 Å². The molecule has 0 amide bonds. The van der Waals surface area contributed by atoms with Crippen molar-refractivity contribution < 1.29 is 53.9 Å². The van der Waals surface area contributed by atoms with E-state index in [1.54, 1.807) is 0 Å². The van der Waals surface area contributed by atoms with E-state index in [9.17, 15) is 39.7 Å². The molecule has 2 N–H and O–H groups in total. The Morgan fingerprint density at radius 1 is 0.929 bits per heavy atom. The molecule has 0 rings (SSSR count). The summed E-state index contributed by atoms with van der Waals surface area (Å²) in [7, 11) is -6.83. The third-order valence-corrected chi connectivity index (χ3v) is 5.25. The number of hydrogen-bond donors (Lipinski definition) is 2. The summed E-state index contributed by atoms with van der Waals surface area (Å²) < 4.78 is 134. The van der Waals surface area contributed by atoms with Gasteiger partial charge >= 0.3 is 25.4 Å². The minimum absolute atomic E-state index is 0.519. The SMILES string of the molecule is CC(CC(C)(C)C)C(F)(C(F)(F)C(F)CCCC(F)(F)F)C(F)(F)P(=O)(O)O. The summed E-state index contributed by atoms with van der Waals surface area (Å²) in [5, 5.41) is 0. The Balaban J connectivity index is 6.12. The van der Waals surface area contributed by atoms with Crippen LogP contribution >= 0.6 is 7.60 Å². The first-order valence-electron chi connectivity index (χ1n) is 8.21. The van der Waals surface area contributed by atoms with E-state index in [2.05, 4.69) is 0 Å². The van der Waals surface area contributed by atoms with Gasteiger partial charge in [-0.3, -0.25) is 4.57 Å². The van der Waals surface area contributed by atoms with Gasteiger partial charge in [-0.15, -0.1) is 0 Å². The average molecular weight is 454 g/mol. The lowest BCUT2D eigenvalue weighted by atomic mass is 9.74. The van der Waals surface area contributed by atoms with Crippen LogP contribution in [0.5, 0.6) is 0 Å². The Labute approximate surface area is 156 Å². The van der Waals surface area contributed by atoms with Crippen molar-refractivity contribution in [3.8, 4) is 0 Å². The largest absolute Gasteiger partial charge is 0.398 e. The highest BCUT2D eigenvalue weighted by molar-refractivity contribution is 7.53. The van der Waals surface area contributed by atoms with Crippen molar-refractivity contribution in [2.45, 2.75) is 83.0 Å². The second-order valence-corrected chi connectivity index (χ2v) is 9.71. The van der Waals surface area contributed by atoms with Crippen LogP contribution < -0.4 is 0 Å². The summed E-state index contributed by atoms with van der Waals surface area (Å²) in [5.41, 5.74) is -12.4. The highest BCUT2D eigenvalue weighted by atomic mass is 31.2. The molecule has 3 unspecified atom stereocenters.